The van der Waals surface area contributed by atoms with Gasteiger partial charge in [-0.15, -0.1) is 0 Å². The molecule has 2 heterocycles. The molecule has 2 aliphatic heterocycles. The maximum absolute atomic E-state index is 12.9. The predicted molar refractivity (Wildman–Crippen MR) is 113 cm³/mol. The minimum absolute atomic E-state index is 0.0229. The summed E-state index contributed by atoms with van der Waals surface area (Å²) in [7, 11) is 0. The Morgan fingerprint density at radius 1 is 1.07 bits per heavy atom. The van der Waals surface area contributed by atoms with Gasteiger partial charge in [-0.25, -0.2) is 4.79 Å². The van der Waals surface area contributed by atoms with Crippen LogP contribution >= 0.6 is 0 Å². The first-order valence-electron chi connectivity index (χ1n) is 10.5. The summed E-state index contributed by atoms with van der Waals surface area (Å²) >= 11 is 0. The lowest BCUT2D eigenvalue weighted by molar-refractivity contribution is -0.143. The van der Waals surface area contributed by atoms with Gasteiger partial charge in [0, 0.05) is 44.0 Å². The van der Waals surface area contributed by atoms with Crippen LogP contribution in [0.3, 0.4) is 0 Å². The molecule has 1 aromatic rings. The second-order valence-electron chi connectivity index (χ2n) is 8.58. The van der Waals surface area contributed by atoms with Crippen molar-refractivity contribution in [1.82, 2.24) is 9.80 Å². The van der Waals surface area contributed by atoms with Crippen LogP contribution < -0.4 is 4.90 Å². The van der Waals surface area contributed by atoms with E-state index in [-0.39, 0.29) is 24.5 Å². The van der Waals surface area contributed by atoms with Crippen LogP contribution in [-0.4, -0.2) is 79.2 Å². The number of piperazine rings is 1. The normalized spacial score (nSPS) is 16.9. The van der Waals surface area contributed by atoms with Gasteiger partial charge in [0.25, 0.3) is 5.91 Å². The largest absolute Gasteiger partial charge is 0.465 e. The number of esters is 1. The van der Waals surface area contributed by atoms with Crippen LogP contribution in [0.15, 0.2) is 18.2 Å². The fourth-order valence-electron chi connectivity index (χ4n) is 3.69. The first kappa shape index (κ1) is 21.9. The Hall–Kier alpha value is -2.77. The summed E-state index contributed by atoms with van der Waals surface area (Å²) < 4.78 is 10.4. The first-order valence-corrected chi connectivity index (χ1v) is 10.5. The molecular weight excluding hydrogens is 386 g/mol. The Labute approximate surface area is 177 Å². The Balaban J connectivity index is 1.64. The van der Waals surface area contributed by atoms with Crippen molar-refractivity contribution in [2.75, 3.05) is 50.8 Å². The molecule has 0 aromatic heterocycles. The molecule has 3 rings (SSSR count). The summed E-state index contributed by atoms with van der Waals surface area (Å²) in [5.74, 6) is -0.526. The van der Waals surface area contributed by atoms with Gasteiger partial charge in [-0.2, -0.15) is 0 Å². The van der Waals surface area contributed by atoms with Crippen LogP contribution in [0.1, 0.15) is 43.6 Å². The lowest BCUT2D eigenvalue weighted by Crippen LogP contribution is -2.50. The lowest BCUT2D eigenvalue weighted by atomic mass is 9.98. The standard InChI is InChI=1S/C22H31N3O5/c1-5-29-19(26)15-25-9-8-16-6-7-17(14-18(16)20(25)27)23-10-12-24(13-11-23)21(28)30-22(2,3)4/h6-7,14H,5,8-13,15H2,1-4H3. The number of fused-ring (bicyclic) bond motifs is 1. The number of amides is 2. The molecule has 1 fully saturated rings. The lowest BCUT2D eigenvalue weighted by Gasteiger charge is -2.37. The van der Waals surface area contributed by atoms with Crippen LogP contribution in [0.2, 0.25) is 0 Å². The number of rotatable bonds is 4. The average molecular weight is 418 g/mol. The van der Waals surface area contributed by atoms with Crippen molar-refractivity contribution in [3.05, 3.63) is 29.3 Å². The minimum atomic E-state index is -0.511. The molecule has 164 valence electrons. The molecule has 8 heteroatoms. The van der Waals surface area contributed by atoms with E-state index >= 15 is 0 Å². The Morgan fingerprint density at radius 3 is 2.40 bits per heavy atom. The van der Waals surface area contributed by atoms with Crippen LogP contribution in [0, 0.1) is 0 Å². The van der Waals surface area contributed by atoms with Crippen LogP contribution in [0.25, 0.3) is 0 Å². The van der Waals surface area contributed by atoms with Crippen LogP contribution in [0.5, 0.6) is 0 Å². The van der Waals surface area contributed by atoms with Gasteiger partial charge < -0.3 is 24.2 Å². The molecule has 0 N–H and O–H groups in total. The number of ether oxygens (including phenoxy) is 2. The molecule has 0 aliphatic carbocycles. The molecule has 8 nitrogen and oxygen atoms in total. The van der Waals surface area contributed by atoms with Gasteiger partial charge in [0.15, 0.2) is 0 Å². The molecule has 0 bridgehead atoms. The summed E-state index contributed by atoms with van der Waals surface area (Å²) in [5.41, 5.74) is 2.07. The topological polar surface area (TPSA) is 79.4 Å². The van der Waals surface area contributed by atoms with Crippen molar-refractivity contribution in [1.29, 1.82) is 0 Å². The van der Waals surface area contributed by atoms with E-state index in [4.69, 9.17) is 9.47 Å². The Bertz CT molecular complexity index is 809. The highest BCUT2D eigenvalue weighted by atomic mass is 16.6. The van der Waals surface area contributed by atoms with E-state index in [2.05, 4.69) is 4.90 Å². The Morgan fingerprint density at radius 2 is 1.77 bits per heavy atom. The molecule has 0 radical (unpaired) electrons. The van der Waals surface area contributed by atoms with Crippen molar-refractivity contribution in [2.45, 2.75) is 39.7 Å². The van der Waals surface area contributed by atoms with Crippen molar-refractivity contribution in [3.8, 4) is 0 Å². The Kier molecular flexibility index (Phi) is 6.53. The van der Waals surface area contributed by atoms with Gasteiger partial charge in [0.1, 0.15) is 12.1 Å². The molecule has 1 aromatic carbocycles. The highest BCUT2D eigenvalue weighted by Gasteiger charge is 2.29. The molecule has 1 saturated heterocycles. The number of nitrogens with zero attached hydrogens (tertiary/aromatic N) is 3. The molecule has 0 atom stereocenters. The first-order chi connectivity index (χ1) is 14.2. The third-order valence-electron chi connectivity index (χ3n) is 5.18. The second-order valence-corrected chi connectivity index (χ2v) is 8.58. The zero-order chi connectivity index (χ0) is 21.9. The summed E-state index contributed by atoms with van der Waals surface area (Å²) in [6.45, 7) is 10.6. The monoisotopic (exact) mass is 417 g/mol. The summed E-state index contributed by atoms with van der Waals surface area (Å²) in [5, 5.41) is 0. The highest BCUT2D eigenvalue weighted by molar-refractivity contribution is 5.99. The number of benzene rings is 1. The molecule has 2 aliphatic rings. The van der Waals surface area contributed by atoms with E-state index < -0.39 is 5.60 Å². The van der Waals surface area contributed by atoms with Gasteiger partial charge in [0.05, 0.1) is 6.61 Å². The van der Waals surface area contributed by atoms with E-state index in [9.17, 15) is 14.4 Å². The molecule has 0 spiro atoms. The zero-order valence-corrected chi connectivity index (χ0v) is 18.3. The van der Waals surface area contributed by atoms with E-state index in [1.165, 1.54) is 0 Å². The maximum Gasteiger partial charge on any atom is 0.410 e. The molecular formula is C22H31N3O5. The molecule has 30 heavy (non-hydrogen) atoms. The van der Waals surface area contributed by atoms with E-state index in [1.807, 2.05) is 39.0 Å². The van der Waals surface area contributed by atoms with Crippen molar-refractivity contribution in [2.24, 2.45) is 0 Å². The van der Waals surface area contributed by atoms with Crippen LogP contribution in [-0.2, 0) is 20.7 Å². The number of carbonyl (C=O) groups excluding carboxylic acids is 3. The molecule has 2 amide bonds. The quantitative estimate of drug-likeness (QED) is 0.700. The van der Waals surface area contributed by atoms with Gasteiger partial charge in [-0.1, -0.05) is 6.07 Å². The third kappa shape index (κ3) is 5.23. The van der Waals surface area contributed by atoms with Gasteiger partial charge in [0.2, 0.25) is 0 Å². The predicted octanol–water partition coefficient (Wildman–Crippen LogP) is 2.31. The second kappa shape index (κ2) is 8.93. The summed E-state index contributed by atoms with van der Waals surface area (Å²) in [6.07, 6.45) is 0.421. The molecule has 0 saturated carbocycles. The maximum atomic E-state index is 12.9. The van der Waals surface area contributed by atoms with Crippen molar-refractivity contribution in [3.63, 3.8) is 0 Å². The van der Waals surface area contributed by atoms with Crippen molar-refractivity contribution < 1.29 is 23.9 Å². The number of carbonyl (C=O) groups is 3. The van der Waals surface area contributed by atoms with E-state index in [0.717, 1.165) is 11.3 Å². The third-order valence-corrected chi connectivity index (χ3v) is 5.18. The SMILES string of the molecule is CCOC(=O)CN1CCc2ccc(N3CCN(C(=O)OC(C)(C)C)CC3)cc2C1=O. The van der Waals surface area contributed by atoms with Gasteiger partial charge in [-0.3, -0.25) is 9.59 Å². The van der Waals surface area contributed by atoms with Crippen molar-refractivity contribution >= 4 is 23.7 Å². The smallest absolute Gasteiger partial charge is 0.410 e. The molecule has 0 unspecified atom stereocenters. The van der Waals surface area contributed by atoms with E-state index in [0.29, 0.717) is 51.3 Å². The fraction of sp³-hybridized carbons (Fsp3) is 0.591. The average Bonchev–Trinajstić information content (AvgIpc) is 2.69. The number of hydrogen-bond acceptors (Lipinski definition) is 6. The minimum Gasteiger partial charge on any atom is -0.465 e. The highest BCUT2D eigenvalue weighted by Crippen LogP contribution is 2.26. The summed E-state index contributed by atoms with van der Waals surface area (Å²) in [4.78, 5) is 42.4. The van der Waals surface area contributed by atoms with Gasteiger partial charge in [-0.05, 0) is 51.8 Å². The van der Waals surface area contributed by atoms with Crippen LogP contribution in [0.4, 0.5) is 10.5 Å². The number of anilines is 1. The fourth-order valence-corrected chi connectivity index (χ4v) is 3.69. The van der Waals surface area contributed by atoms with E-state index in [1.54, 1.807) is 16.7 Å². The summed E-state index contributed by atoms with van der Waals surface area (Å²) in [6, 6.07) is 5.92. The number of hydrogen-bond donors (Lipinski definition) is 0. The van der Waals surface area contributed by atoms with Gasteiger partial charge >= 0.3 is 12.1 Å². The zero-order valence-electron chi connectivity index (χ0n) is 18.3.